The molecule has 2 aromatic carbocycles. The topological polar surface area (TPSA) is 86.8 Å². The second-order valence-corrected chi connectivity index (χ2v) is 12.7. The van der Waals surface area contributed by atoms with Crippen LogP contribution in [0.5, 0.6) is 0 Å². The van der Waals surface area contributed by atoms with E-state index in [9.17, 15) is 31.2 Å². The zero-order valence-electron chi connectivity index (χ0n) is 21.8. The number of hydrogen-bond acceptors (Lipinski definition) is 4. The van der Waals surface area contributed by atoms with E-state index in [2.05, 4.69) is 5.32 Å². The van der Waals surface area contributed by atoms with Crippen molar-refractivity contribution in [3.63, 3.8) is 0 Å². The van der Waals surface area contributed by atoms with Crippen LogP contribution in [0.15, 0.2) is 36.4 Å². The van der Waals surface area contributed by atoms with E-state index in [1.54, 1.807) is 13.0 Å². The van der Waals surface area contributed by atoms with Crippen LogP contribution < -0.4 is 9.62 Å². The summed E-state index contributed by atoms with van der Waals surface area (Å²) in [4.78, 5) is 28.3. The summed E-state index contributed by atoms with van der Waals surface area (Å²) in [6.45, 7) is 0.667. The third-order valence-corrected chi connectivity index (χ3v) is 8.83. The number of hydrogen-bond donors (Lipinski definition) is 1. The first-order valence-corrected chi connectivity index (χ1v) is 15.5. The van der Waals surface area contributed by atoms with E-state index >= 15 is 0 Å². The van der Waals surface area contributed by atoms with E-state index in [0.717, 1.165) is 38.0 Å². The summed E-state index contributed by atoms with van der Waals surface area (Å²) in [6, 6.07) is 5.81. The fourth-order valence-corrected chi connectivity index (χ4v) is 6.04. The Morgan fingerprint density at radius 2 is 1.65 bits per heavy atom. The number of nitrogens with one attached hydrogen (secondary N) is 1. The minimum atomic E-state index is -4.78. The number of benzene rings is 2. The molecule has 3 rings (SSSR count). The van der Waals surface area contributed by atoms with Gasteiger partial charge < -0.3 is 10.2 Å². The van der Waals surface area contributed by atoms with Crippen LogP contribution in [0.2, 0.25) is 15.1 Å². The van der Waals surface area contributed by atoms with Crippen LogP contribution in [0.1, 0.15) is 50.2 Å². The highest BCUT2D eigenvalue weighted by molar-refractivity contribution is 7.92. The molecule has 0 radical (unpaired) electrons. The van der Waals surface area contributed by atoms with Crippen molar-refractivity contribution < 1.29 is 31.2 Å². The van der Waals surface area contributed by atoms with Crippen LogP contribution in [-0.4, -0.2) is 50.0 Å². The van der Waals surface area contributed by atoms with Gasteiger partial charge in [0.1, 0.15) is 12.6 Å². The smallest absolute Gasteiger partial charge is 0.352 e. The van der Waals surface area contributed by atoms with Crippen LogP contribution in [-0.2, 0) is 32.3 Å². The molecule has 1 atom stereocenters. The lowest BCUT2D eigenvalue weighted by molar-refractivity contribution is -0.140. The summed E-state index contributed by atoms with van der Waals surface area (Å²) in [5, 5.41) is 3.15. The van der Waals surface area contributed by atoms with Gasteiger partial charge >= 0.3 is 6.18 Å². The zero-order chi connectivity index (χ0) is 29.8. The Kier molecular flexibility index (Phi) is 10.6. The van der Waals surface area contributed by atoms with E-state index in [0.29, 0.717) is 22.0 Å². The predicted molar refractivity (Wildman–Crippen MR) is 150 cm³/mol. The van der Waals surface area contributed by atoms with E-state index in [-0.39, 0.29) is 34.1 Å². The first kappa shape index (κ1) is 32.3. The largest absolute Gasteiger partial charge is 0.416 e. The molecule has 1 N–H and O–H groups in total. The summed E-state index contributed by atoms with van der Waals surface area (Å²) >= 11 is 18.3. The summed E-state index contributed by atoms with van der Waals surface area (Å²) in [7, 11) is -4.29. The van der Waals surface area contributed by atoms with Gasteiger partial charge in [0, 0.05) is 12.6 Å². The average Bonchev–Trinajstić information content (AvgIpc) is 3.36. The van der Waals surface area contributed by atoms with Gasteiger partial charge in [-0.15, -0.1) is 0 Å². The Bertz CT molecular complexity index is 1350. The molecule has 7 nitrogen and oxygen atoms in total. The van der Waals surface area contributed by atoms with Crippen molar-refractivity contribution in [1.29, 1.82) is 0 Å². The molecule has 1 aliphatic carbocycles. The van der Waals surface area contributed by atoms with Gasteiger partial charge in [0.15, 0.2) is 0 Å². The second kappa shape index (κ2) is 13.2. The minimum Gasteiger partial charge on any atom is -0.352 e. The van der Waals surface area contributed by atoms with Gasteiger partial charge in [-0.3, -0.25) is 13.9 Å². The Balaban J connectivity index is 2.01. The SMILES string of the molecule is CCC(C(=O)NC1CCCC1)N(Cc1ccc(Cl)c(Cl)c1)C(=O)CN(c1cc(C(F)(F)F)ccc1Cl)S(C)(=O)=O. The third kappa shape index (κ3) is 8.18. The number of carbonyl (C=O) groups is 2. The number of nitrogens with zero attached hydrogens (tertiary/aromatic N) is 2. The lowest BCUT2D eigenvalue weighted by Crippen LogP contribution is -2.53. The van der Waals surface area contributed by atoms with E-state index in [1.165, 1.54) is 17.0 Å². The summed E-state index contributed by atoms with van der Waals surface area (Å²) in [6.07, 6.45) is -0.293. The molecule has 1 fully saturated rings. The molecule has 0 saturated heterocycles. The standard InChI is InChI=1S/C26H29Cl3F3N3O4S/c1-3-22(25(37)33-18-6-4-5-7-18)34(14-16-8-10-19(27)21(29)12-16)24(36)15-35(40(2,38)39)23-13-17(26(30,31)32)9-11-20(23)28/h8-13,18,22H,3-7,14-15H2,1-2H3,(H,33,37). The molecule has 0 bridgehead atoms. The van der Waals surface area contributed by atoms with Crippen LogP contribution in [0, 0.1) is 0 Å². The van der Waals surface area contributed by atoms with Crippen molar-refractivity contribution in [2.45, 2.75) is 63.8 Å². The molecule has 1 aliphatic rings. The van der Waals surface area contributed by atoms with Gasteiger partial charge in [-0.25, -0.2) is 8.42 Å². The molecular weight excluding hydrogens is 614 g/mol. The van der Waals surface area contributed by atoms with Gasteiger partial charge in [0.25, 0.3) is 0 Å². The van der Waals surface area contributed by atoms with Crippen LogP contribution in [0.3, 0.4) is 0 Å². The lowest BCUT2D eigenvalue weighted by Gasteiger charge is -2.33. The number of halogens is 6. The van der Waals surface area contributed by atoms with Crippen molar-refractivity contribution in [3.05, 3.63) is 62.6 Å². The summed E-state index contributed by atoms with van der Waals surface area (Å²) < 4.78 is 66.2. The fraction of sp³-hybridized carbons (Fsp3) is 0.462. The molecule has 14 heteroatoms. The maximum Gasteiger partial charge on any atom is 0.416 e. The van der Waals surface area contributed by atoms with Crippen LogP contribution in [0.4, 0.5) is 18.9 Å². The molecule has 0 aromatic heterocycles. The van der Waals surface area contributed by atoms with Crippen molar-refractivity contribution in [3.8, 4) is 0 Å². The zero-order valence-corrected chi connectivity index (χ0v) is 24.9. The van der Waals surface area contributed by atoms with Gasteiger partial charge in [-0.05, 0) is 55.2 Å². The molecule has 1 unspecified atom stereocenters. The van der Waals surface area contributed by atoms with Crippen molar-refractivity contribution in [2.75, 3.05) is 17.1 Å². The predicted octanol–water partition coefficient (Wildman–Crippen LogP) is 6.30. The van der Waals surface area contributed by atoms with Gasteiger partial charge in [0.05, 0.1) is 32.6 Å². The van der Waals surface area contributed by atoms with Crippen LogP contribution >= 0.6 is 34.8 Å². The minimum absolute atomic E-state index is 0.0417. The fourth-order valence-electron chi connectivity index (χ4n) is 4.60. The summed E-state index contributed by atoms with van der Waals surface area (Å²) in [5.41, 5.74) is -1.13. The molecule has 1 saturated carbocycles. The van der Waals surface area contributed by atoms with E-state index in [1.807, 2.05) is 0 Å². The molecule has 0 spiro atoms. The molecule has 2 amide bonds. The number of alkyl halides is 3. The highest BCUT2D eigenvalue weighted by atomic mass is 35.5. The van der Waals surface area contributed by atoms with Crippen molar-refractivity contribution in [1.82, 2.24) is 10.2 Å². The number of amides is 2. The first-order chi connectivity index (χ1) is 18.6. The highest BCUT2D eigenvalue weighted by Gasteiger charge is 2.36. The Labute approximate surface area is 246 Å². The van der Waals surface area contributed by atoms with E-state index in [4.69, 9.17) is 34.8 Å². The Hall–Kier alpha value is -2.21. The maximum atomic E-state index is 13.8. The number of carbonyl (C=O) groups excluding carboxylic acids is 2. The molecule has 2 aromatic rings. The monoisotopic (exact) mass is 641 g/mol. The van der Waals surface area contributed by atoms with Crippen molar-refractivity contribution in [2.24, 2.45) is 0 Å². The summed E-state index contributed by atoms with van der Waals surface area (Å²) in [5.74, 6) is -1.23. The molecule has 220 valence electrons. The van der Waals surface area contributed by atoms with E-state index < -0.39 is 51.9 Å². The highest BCUT2D eigenvalue weighted by Crippen LogP contribution is 2.36. The Morgan fingerprint density at radius 1 is 1.02 bits per heavy atom. The second-order valence-electron chi connectivity index (χ2n) is 9.62. The number of sulfonamides is 1. The molecule has 0 aliphatic heterocycles. The van der Waals surface area contributed by atoms with Gasteiger partial charge in [0.2, 0.25) is 21.8 Å². The quantitative estimate of drug-likeness (QED) is 0.330. The Morgan fingerprint density at radius 3 is 2.20 bits per heavy atom. The molecule has 40 heavy (non-hydrogen) atoms. The van der Waals surface area contributed by atoms with Gasteiger partial charge in [-0.1, -0.05) is 60.6 Å². The first-order valence-electron chi connectivity index (χ1n) is 12.5. The average molecular weight is 643 g/mol. The normalized spacial score (nSPS) is 15.1. The molecule has 0 heterocycles. The lowest BCUT2D eigenvalue weighted by atomic mass is 10.1. The molecular formula is C26H29Cl3F3N3O4S. The van der Waals surface area contributed by atoms with Crippen LogP contribution in [0.25, 0.3) is 0 Å². The number of anilines is 1. The number of rotatable bonds is 10. The third-order valence-electron chi connectivity index (χ3n) is 6.65. The maximum absolute atomic E-state index is 13.8. The van der Waals surface area contributed by atoms with Crippen molar-refractivity contribution >= 4 is 62.3 Å². The van der Waals surface area contributed by atoms with Gasteiger partial charge in [-0.2, -0.15) is 13.2 Å².